The van der Waals surface area contributed by atoms with Crippen LogP contribution < -0.4 is 15.8 Å². The number of benzene rings is 2. The van der Waals surface area contributed by atoms with Gasteiger partial charge in [-0.25, -0.2) is 9.97 Å². The number of ether oxygens (including phenoxy) is 2. The summed E-state index contributed by atoms with van der Waals surface area (Å²) in [6.45, 7) is 3.50. The normalized spacial score (nSPS) is 20.8. The number of aromatic nitrogens is 4. The summed E-state index contributed by atoms with van der Waals surface area (Å²) < 4.78 is 15.6. The first-order chi connectivity index (χ1) is 23.2. The summed E-state index contributed by atoms with van der Waals surface area (Å²) in [6, 6.07) is 17.6. The van der Waals surface area contributed by atoms with Crippen molar-refractivity contribution in [3.05, 3.63) is 89.1 Å². The number of aryl methyl sites for hydroxylation is 1. The molecule has 2 aliphatic heterocycles. The molecule has 2 amide bonds. The highest BCUT2D eigenvalue weighted by molar-refractivity contribution is 6.00. The third-order valence-corrected chi connectivity index (χ3v) is 9.65. The smallest absolute Gasteiger partial charge is 0.254 e. The molecule has 11 heteroatoms. The Balaban J connectivity index is 1.36. The van der Waals surface area contributed by atoms with Gasteiger partial charge in [0, 0.05) is 50.7 Å². The third kappa shape index (κ3) is 5.73. The lowest BCUT2D eigenvalue weighted by molar-refractivity contribution is -0.120. The number of rotatable bonds is 4. The van der Waals surface area contributed by atoms with Crippen LogP contribution in [0.25, 0.3) is 33.6 Å². The number of amides is 2. The van der Waals surface area contributed by atoms with Crippen molar-refractivity contribution in [3.8, 4) is 17.3 Å². The van der Waals surface area contributed by atoms with Gasteiger partial charge in [-0.15, -0.1) is 0 Å². The van der Waals surface area contributed by atoms with Crippen LogP contribution >= 0.6 is 0 Å². The van der Waals surface area contributed by atoms with Gasteiger partial charge in [0.1, 0.15) is 16.9 Å². The molecular formula is C37H41N7O4. The number of nitrogens with zero attached hydrogens (tertiary/aromatic N) is 5. The molecule has 5 heterocycles. The zero-order chi connectivity index (χ0) is 33.5. The molecule has 0 saturated carbocycles. The highest BCUT2D eigenvalue weighted by atomic mass is 16.5. The Bertz CT molecular complexity index is 2060. The van der Waals surface area contributed by atoms with Crippen molar-refractivity contribution >= 4 is 33.9 Å². The summed E-state index contributed by atoms with van der Waals surface area (Å²) in [5, 5.41) is 4.04. The van der Waals surface area contributed by atoms with Crippen molar-refractivity contribution in [2.75, 3.05) is 27.3 Å². The fourth-order valence-corrected chi connectivity index (χ4v) is 7.02. The Morgan fingerprint density at radius 2 is 1.81 bits per heavy atom. The van der Waals surface area contributed by atoms with Gasteiger partial charge in [0.05, 0.1) is 42.7 Å². The van der Waals surface area contributed by atoms with E-state index in [1.807, 2.05) is 42.8 Å². The molecular weight excluding hydrogens is 606 g/mol. The molecule has 0 unspecified atom stereocenters. The number of methoxy groups -OCH3 is 2. The monoisotopic (exact) mass is 647 g/mol. The van der Waals surface area contributed by atoms with Gasteiger partial charge in [-0.05, 0) is 61.2 Å². The molecule has 5 aromatic rings. The van der Waals surface area contributed by atoms with E-state index in [2.05, 4.69) is 46.3 Å². The Morgan fingerprint density at radius 1 is 1.02 bits per heavy atom. The molecule has 0 radical (unpaired) electrons. The maximum atomic E-state index is 13.7. The molecule has 3 N–H and O–H groups in total. The number of carbonyl (C=O) groups excluding carboxylic acids is 2. The van der Waals surface area contributed by atoms with Gasteiger partial charge >= 0.3 is 0 Å². The number of pyridine rings is 1. The van der Waals surface area contributed by atoms with E-state index in [1.165, 1.54) is 5.56 Å². The molecule has 0 spiro atoms. The minimum Gasteiger partial charge on any atom is -0.494 e. The average Bonchev–Trinajstić information content (AvgIpc) is 3.62. The summed E-state index contributed by atoms with van der Waals surface area (Å²) in [5.74, 6) is 1.12. The topological polar surface area (TPSA) is 130 Å². The number of likely N-dealkylation sites (tertiary alicyclic amines) is 1. The molecule has 248 valence electrons. The van der Waals surface area contributed by atoms with Crippen LogP contribution in [0.2, 0.25) is 0 Å². The van der Waals surface area contributed by atoms with Crippen LogP contribution in [-0.4, -0.2) is 75.3 Å². The predicted molar refractivity (Wildman–Crippen MR) is 185 cm³/mol. The molecule has 2 aromatic carbocycles. The van der Waals surface area contributed by atoms with Crippen LogP contribution in [-0.2, 0) is 29.5 Å². The van der Waals surface area contributed by atoms with E-state index in [9.17, 15) is 9.59 Å². The molecule has 3 aromatic heterocycles. The van der Waals surface area contributed by atoms with Gasteiger partial charge in [0.2, 0.25) is 5.91 Å². The van der Waals surface area contributed by atoms with Crippen LogP contribution in [0.5, 0.6) is 5.75 Å². The summed E-state index contributed by atoms with van der Waals surface area (Å²) in [6.07, 6.45) is 5.63. The average molecular weight is 648 g/mol. The lowest BCUT2D eigenvalue weighted by Crippen LogP contribution is -2.53. The van der Waals surface area contributed by atoms with Gasteiger partial charge in [-0.2, -0.15) is 0 Å². The molecule has 48 heavy (non-hydrogen) atoms. The van der Waals surface area contributed by atoms with E-state index in [-0.39, 0.29) is 30.0 Å². The van der Waals surface area contributed by atoms with Gasteiger partial charge in [0.25, 0.3) is 5.91 Å². The Hall–Kier alpha value is -5.00. The first kappa shape index (κ1) is 31.6. The van der Waals surface area contributed by atoms with E-state index >= 15 is 0 Å². The van der Waals surface area contributed by atoms with Crippen LogP contribution in [0.15, 0.2) is 66.7 Å². The van der Waals surface area contributed by atoms with E-state index in [1.54, 1.807) is 25.2 Å². The van der Waals surface area contributed by atoms with E-state index in [0.717, 1.165) is 39.3 Å². The van der Waals surface area contributed by atoms with Gasteiger partial charge in [0.15, 0.2) is 5.82 Å². The van der Waals surface area contributed by atoms with E-state index < -0.39 is 0 Å². The fraction of sp³-hybridized carbons (Fsp3) is 0.351. The highest BCUT2D eigenvalue weighted by Gasteiger charge is 2.31. The Morgan fingerprint density at radius 3 is 2.58 bits per heavy atom. The lowest BCUT2D eigenvalue weighted by Gasteiger charge is -2.36. The number of imidazole rings is 1. The Labute approximate surface area is 279 Å². The summed E-state index contributed by atoms with van der Waals surface area (Å²) in [4.78, 5) is 38.4. The third-order valence-electron chi connectivity index (χ3n) is 9.65. The number of hydrogen-bond donors (Lipinski definition) is 2. The van der Waals surface area contributed by atoms with Crippen molar-refractivity contribution in [3.63, 3.8) is 0 Å². The minimum absolute atomic E-state index is 0.0455. The number of carbonyl (C=O) groups is 2. The first-order valence-corrected chi connectivity index (χ1v) is 16.4. The SMILES string of the molecule is COc1cc(C(=O)N2CC[C@@H](OC)[C@@H](N)C2)cc2nc(-c3cc4ccc5nc4n3Cc3ccccc3C/C=C/CC(=O)N[C@@H]5C)n(C)c12. The summed E-state index contributed by atoms with van der Waals surface area (Å²) >= 11 is 0. The molecule has 3 atom stereocenters. The number of nitrogens with two attached hydrogens (primary N) is 1. The summed E-state index contributed by atoms with van der Waals surface area (Å²) in [7, 11) is 5.23. The molecule has 1 saturated heterocycles. The van der Waals surface area contributed by atoms with Crippen molar-refractivity contribution in [1.29, 1.82) is 0 Å². The predicted octanol–water partition coefficient (Wildman–Crippen LogP) is 4.51. The molecule has 7 rings (SSSR count). The van der Waals surface area contributed by atoms with Gasteiger partial charge in [-0.1, -0.05) is 36.4 Å². The van der Waals surface area contributed by atoms with Crippen LogP contribution in [0.4, 0.5) is 0 Å². The van der Waals surface area contributed by atoms with Crippen LogP contribution in [0, 0.1) is 0 Å². The maximum Gasteiger partial charge on any atom is 0.254 e. The highest BCUT2D eigenvalue weighted by Crippen LogP contribution is 2.35. The number of allylic oxidation sites excluding steroid dienone is 1. The Kier molecular flexibility index (Phi) is 8.49. The number of piperidine rings is 1. The zero-order valence-corrected chi connectivity index (χ0v) is 27.8. The fourth-order valence-electron chi connectivity index (χ4n) is 7.02. The van der Waals surface area contributed by atoms with Crippen molar-refractivity contribution in [2.24, 2.45) is 12.8 Å². The molecule has 2 aliphatic rings. The molecule has 2 bridgehead atoms. The molecule has 0 aliphatic carbocycles. The largest absolute Gasteiger partial charge is 0.494 e. The maximum absolute atomic E-state index is 13.7. The number of fused-ring (bicyclic) bond motifs is 3. The van der Waals surface area contributed by atoms with Crippen molar-refractivity contribution < 1.29 is 19.1 Å². The van der Waals surface area contributed by atoms with Crippen LogP contribution in [0.1, 0.15) is 53.0 Å². The molecule has 11 nitrogen and oxygen atoms in total. The standard InChI is InChI=1S/C37H41N7O4/c1-22-28-14-13-24-18-30(44(35(24)40-28)20-25-11-6-5-9-23(25)10-7-8-12-33(45)39-22)36-41-29-17-26(19-32(48-4)34(29)42(36)2)37(46)43-16-15-31(47-3)27(38)21-43/h5-9,11,13-14,17-19,22,27,31H,10,12,15-16,20-21,38H2,1-4H3,(H,39,45)/b8-7+/t22-,27+,31-/m1/s1. The summed E-state index contributed by atoms with van der Waals surface area (Å²) in [5.41, 5.74) is 13.0. The number of nitrogens with one attached hydrogen (secondary N) is 1. The van der Waals surface area contributed by atoms with Gasteiger partial charge < -0.3 is 34.6 Å². The van der Waals surface area contributed by atoms with E-state index in [0.29, 0.717) is 55.7 Å². The molecule has 1 fully saturated rings. The lowest BCUT2D eigenvalue weighted by atomic mass is 10.0. The van der Waals surface area contributed by atoms with Crippen molar-refractivity contribution in [2.45, 2.75) is 50.9 Å². The van der Waals surface area contributed by atoms with Crippen LogP contribution in [0.3, 0.4) is 0 Å². The first-order valence-electron chi connectivity index (χ1n) is 16.4. The van der Waals surface area contributed by atoms with E-state index in [4.69, 9.17) is 25.2 Å². The second kappa shape index (κ2) is 12.9. The second-order valence-electron chi connectivity index (χ2n) is 12.7. The minimum atomic E-state index is -0.261. The van der Waals surface area contributed by atoms with Gasteiger partial charge in [-0.3, -0.25) is 9.59 Å². The quantitative estimate of drug-likeness (QED) is 0.275. The second-order valence-corrected chi connectivity index (χ2v) is 12.7. The number of hydrogen-bond acceptors (Lipinski definition) is 7. The van der Waals surface area contributed by atoms with Crippen molar-refractivity contribution in [1.82, 2.24) is 29.3 Å². The zero-order valence-electron chi connectivity index (χ0n) is 27.8.